The van der Waals surface area contributed by atoms with Crippen LogP contribution in [-0.4, -0.2) is 50.3 Å². The van der Waals surface area contributed by atoms with Crippen molar-refractivity contribution in [3.8, 4) is 0 Å². The Morgan fingerprint density at radius 3 is 1.96 bits per heavy atom. The highest BCUT2D eigenvalue weighted by Crippen LogP contribution is 2.49. The number of hydrogen-bond donors (Lipinski definition) is 0. The van der Waals surface area contributed by atoms with Crippen LogP contribution in [0.4, 0.5) is 11.4 Å². The largest absolute Gasteiger partial charge is 0.378 e. The van der Waals surface area contributed by atoms with Gasteiger partial charge in [0.05, 0.1) is 42.9 Å². The van der Waals surface area contributed by atoms with Crippen molar-refractivity contribution in [1.82, 2.24) is 0 Å². The van der Waals surface area contributed by atoms with E-state index in [1.807, 2.05) is 24.3 Å². The van der Waals surface area contributed by atoms with Gasteiger partial charge in [0.25, 0.3) is 0 Å². The van der Waals surface area contributed by atoms with E-state index in [1.54, 1.807) is 0 Å². The topological polar surface area (TPSA) is 59.1 Å². The summed E-state index contributed by atoms with van der Waals surface area (Å²) in [4.78, 5) is 29.2. The molecule has 4 aliphatic rings. The maximum atomic E-state index is 12.8. The van der Waals surface area contributed by atoms with Crippen LogP contribution >= 0.6 is 0 Å². The number of anilines is 2. The normalized spacial score (nSPS) is 35.0. The third-order valence-corrected chi connectivity index (χ3v) is 5.77. The van der Waals surface area contributed by atoms with Gasteiger partial charge in [-0.3, -0.25) is 9.59 Å². The number of amides is 2. The summed E-state index contributed by atoms with van der Waals surface area (Å²) in [6.07, 6.45) is 1.67. The summed E-state index contributed by atoms with van der Waals surface area (Å²) in [5, 5.41) is 0. The number of carbonyl (C=O) groups excluding carboxylic acids is 2. The molecule has 0 aliphatic carbocycles. The molecule has 4 heterocycles. The molecule has 0 radical (unpaired) electrons. The molecule has 0 aromatic heterocycles. The number of ether oxygens (including phenoxy) is 2. The Labute approximate surface area is 140 Å². The van der Waals surface area contributed by atoms with Gasteiger partial charge in [-0.1, -0.05) is 0 Å². The van der Waals surface area contributed by atoms with Crippen LogP contribution in [0.3, 0.4) is 0 Å². The van der Waals surface area contributed by atoms with E-state index in [0.29, 0.717) is 5.69 Å². The molecule has 6 heteroatoms. The molecule has 1 aromatic carbocycles. The lowest BCUT2D eigenvalue weighted by atomic mass is 9.81. The van der Waals surface area contributed by atoms with Crippen LogP contribution in [0.25, 0.3) is 0 Å². The molecule has 4 aliphatic heterocycles. The van der Waals surface area contributed by atoms with Crippen molar-refractivity contribution in [3.63, 3.8) is 0 Å². The summed E-state index contributed by atoms with van der Waals surface area (Å²) in [5.41, 5.74) is 1.78. The number of hydrogen-bond acceptors (Lipinski definition) is 5. The molecule has 0 N–H and O–H groups in total. The van der Waals surface area contributed by atoms with Gasteiger partial charge in [-0.05, 0) is 37.1 Å². The van der Waals surface area contributed by atoms with Crippen LogP contribution in [0, 0.1) is 11.8 Å². The molecule has 24 heavy (non-hydrogen) atoms. The highest BCUT2D eigenvalue weighted by molar-refractivity contribution is 6.22. The first-order valence-corrected chi connectivity index (χ1v) is 8.70. The zero-order valence-corrected chi connectivity index (χ0v) is 13.4. The number of morpholine rings is 1. The molecule has 5 rings (SSSR count). The molecule has 6 nitrogen and oxygen atoms in total. The van der Waals surface area contributed by atoms with Crippen LogP contribution < -0.4 is 9.80 Å². The molecule has 4 saturated heterocycles. The summed E-state index contributed by atoms with van der Waals surface area (Å²) < 4.78 is 11.1. The van der Waals surface area contributed by atoms with Gasteiger partial charge in [-0.25, -0.2) is 4.90 Å². The van der Waals surface area contributed by atoms with E-state index < -0.39 is 0 Å². The third-order valence-electron chi connectivity index (χ3n) is 5.77. The molecular formula is C18H20N2O4. The van der Waals surface area contributed by atoms with Crippen LogP contribution in [0.5, 0.6) is 0 Å². The Morgan fingerprint density at radius 1 is 0.833 bits per heavy atom. The second-order valence-corrected chi connectivity index (χ2v) is 6.97. The molecular weight excluding hydrogens is 308 g/mol. The summed E-state index contributed by atoms with van der Waals surface area (Å²) in [7, 11) is 0. The highest BCUT2D eigenvalue weighted by atomic mass is 16.5. The van der Waals surface area contributed by atoms with Gasteiger partial charge in [-0.15, -0.1) is 0 Å². The smallest absolute Gasteiger partial charge is 0.240 e. The van der Waals surface area contributed by atoms with Crippen molar-refractivity contribution >= 4 is 23.2 Å². The zero-order chi connectivity index (χ0) is 16.3. The van der Waals surface area contributed by atoms with E-state index in [4.69, 9.17) is 9.47 Å². The predicted molar refractivity (Wildman–Crippen MR) is 86.8 cm³/mol. The molecule has 4 fully saturated rings. The minimum atomic E-state index is -0.268. The SMILES string of the molecule is O=C1[C@@H]2[C@@H](C(=O)N1c1ccc(N3CCOCC3)cc1)[C@H]1CC[C@@H]2O1. The van der Waals surface area contributed by atoms with Crippen molar-refractivity contribution in [3.05, 3.63) is 24.3 Å². The minimum Gasteiger partial charge on any atom is -0.378 e. The maximum absolute atomic E-state index is 12.8. The molecule has 0 spiro atoms. The van der Waals surface area contributed by atoms with Crippen LogP contribution in [0.2, 0.25) is 0 Å². The number of carbonyl (C=O) groups is 2. The Bertz CT molecular complexity index is 655. The summed E-state index contributed by atoms with van der Waals surface area (Å²) >= 11 is 0. The molecule has 0 unspecified atom stereocenters. The summed E-state index contributed by atoms with van der Waals surface area (Å²) in [5.74, 6) is -0.710. The van der Waals surface area contributed by atoms with Crippen molar-refractivity contribution in [2.75, 3.05) is 36.1 Å². The fourth-order valence-corrected chi connectivity index (χ4v) is 4.60. The van der Waals surface area contributed by atoms with E-state index in [1.165, 1.54) is 4.90 Å². The van der Waals surface area contributed by atoms with Gasteiger partial charge < -0.3 is 14.4 Å². The molecule has 2 amide bonds. The van der Waals surface area contributed by atoms with Crippen molar-refractivity contribution in [2.24, 2.45) is 11.8 Å². The minimum absolute atomic E-state index is 0.0610. The predicted octanol–water partition coefficient (Wildman–Crippen LogP) is 1.19. The number of benzene rings is 1. The van der Waals surface area contributed by atoms with Crippen molar-refractivity contribution in [2.45, 2.75) is 25.0 Å². The zero-order valence-electron chi connectivity index (χ0n) is 13.4. The Hall–Kier alpha value is -1.92. The maximum Gasteiger partial charge on any atom is 0.240 e. The Balaban J connectivity index is 1.40. The first kappa shape index (κ1) is 14.4. The fourth-order valence-electron chi connectivity index (χ4n) is 4.60. The third kappa shape index (κ3) is 1.96. The van der Waals surface area contributed by atoms with Crippen LogP contribution in [0.15, 0.2) is 24.3 Å². The first-order valence-electron chi connectivity index (χ1n) is 8.70. The van der Waals surface area contributed by atoms with E-state index in [9.17, 15) is 9.59 Å². The van der Waals surface area contributed by atoms with Gasteiger partial charge >= 0.3 is 0 Å². The summed E-state index contributed by atoms with van der Waals surface area (Å²) in [6, 6.07) is 7.73. The first-order chi connectivity index (χ1) is 11.7. The van der Waals surface area contributed by atoms with Crippen molar-refractivity contribution < 1.29 is 19.1 Å². The lowest BCUT2D eigenvalue weighted by Crippen LogP contribution is -2.36. The van der Waals surface area contributed by atoms with E-state index in [2.05, 4.69) is 4.90 Å². The Morgan fingerprint density at radius 2 is 1.38 bits per heavy atom. The lowest BCUT2D eigenvalue weighted by molar-refractivity contribution is -0.124. The fraction of sp³-hybridized carbons (Fsp3) is 0.556. The lowest BCUT2D eigenvalue weighted by Gasteiger charge is -2.29. The second-order valence-electron chi connectivity index (χ2n) is 6.97. The number of imide groups is 1. The number of nitrogens with zero attached hydrogens (tertiary/aromatic N) is 2. The van der Waals surface area contributed by atoms with E-state index in [-0.39, 0.29) is 35.9 Å². The van der Waals surface area contributed by atoms with E-state index >= 15 is 0 Å². The van der Waals surface area contributed by atoms with E-state index in [0.717, 1.165) is 44.8 Å². The van der Waals surface area contributed by atoms with Gasteiger partial charge in [0.15, 0.2) is 0 Å². The number of fused-ring (bicyclic) bond motifs is 5. The standard InChI is InChI=1S/C18H20N2O4/c21-17-15-13-5-6-14(24-13)16(15)18(22)20(17)12-3-1-11(2-4-12)19-7-9-23-10-8-19/h1-4,13-16H,5-10H2/t13-,14+,15-,16-/m0/s1. The van der Waals surface area contributed by atoms with Gasteiger partial charge in [0.2, 0.25) is 11.8 Å². The average molecular weight is 328 g/mol. The molecule has 4 atom stereocenters. The monoisotopic (exact) mass is 328 g/mol. The second kappa shape index (κ2) is 5.29. The average Bonchev–Trinajstić information content (AvgIpc) is 3.30. The number of rotatable bonds is 2. The van der Waals surface area contributed by atoms with Gasteiger partial charge in [0.1, 0.15) is 0 Å². The molecule has 1 aromatic rings. The molecule has 2 bridgehead atoms. The van der Waals surface area contributed by atoms with Crippen LogP contribution in [0.1, 0.15) is 12.8 Å². The quantitative estimate of drug-likeness (QED) is 0.763. The highest BCUT2D eigenvalue weighted by Gasteiger charge is 2.62. The van der Waals surface area contributed by atoms with Gasteiger partial charge in [-0.2, -0.15) is 0 Å². The van der Waals surface area contributed by atoms with Crippen molar-refractivity contribution in [1.29, 1.82) is 0 Å². The molecule has 0 saturated carbocycles. The summed E-state index contributed by atoms with van der Waals surface area (Å²) in [6.45, 7) is 3.20. The molecule has 126 valence electrons. The van der Waals surface area contributed by atoms with Crippen LogP contribution in [-0.2, 0) is 19.1 Å². The van der Waals surface area contributed by atoms with Gasteiger partial charge in [0, 0.05) is 18.8 Å². The Kier molecular flexibility index (Phi) is 3.18.